The molecule has 3 heterocycles. The van der Waals surface area contributed by atoms with Crippen LogP contribution in [0.1, 0.15) is 63.4 Å². The van der Waals surface area contributed by atoms with Gasteiger partial charge < -0.3 is 25.8 Å². The molecule has 2 aliphatic rings. The molecule has 4 N–H and O–H groups in total. The molecule has 180 valence electrons. The monoisotopic (exact) mass is 453 g/mol. The van der Waals surface area contributed by atoms with Gasteiger partial charge in [0, 0.05) is 44.1 Å². The Bertz CT molecular complexity index is 879. The average Bonchev–Trinajstić information content (AvgIpc) is 2.84. The second-order valence-corrected chi connectivity index (χ2v) is 9.54. The maximum absolute atomic E-state index is 6.02. The minimum Gasteiger partial charge on any atom is -0.384 e. The molecular weight excluding hydrogens is 414 g/mol. The molecule has 1 aliphatic carbocycles. The van der Waals surface area contributed by atoms with E-state index in [0.717, 1.165) is 68.9 Å². The van der Waals surface area contributed by atoms with Crippen LogP contribution in [0.2, 0.25) is 0 Å². The van der Waals surface area contributed by atoms with Crippen LogP contribution in [0.25, 0.3) is 11.3 Å². The van der Waals surface area contributed by atoms with Crippen molar-refractivity contribution in [2.45, 2.75) is 76.0 Å². The molecule has 0 bridgehead atoms. The van der Waals surface area contributed by atoms with Crippen LogP contribution in [0.15, 0.2) is 30.5 Å². The predicted octanol–water partition coefficient (Wildman–Crippen LogP) is 4.36. The Morgan fingerprint density at radius 3 is 2.73 bits per heavy atom. The predicted molar refractivity (Wildman–Crippen MR) is 133 cm³/mol. The van der Waals surface area contributed by atoms with Crippen molar-refractivity contribution in [2.24, 2.45) is 0 Å². The Kier molecular flexibility index (Phi) is 8.53. The quantitative estimate of drug-likeness (QED) is 0.519. The highest BCUT2D eigenvalue weighted by Gasteiger charge is 2.26. The molecule has 4 rings (SSSR count). The van der Waals surface area contributed by atoms with Gasteiger partial charge in [0.05, 0.1) is 18.4 Å². The molecule has 0 spiro atoms. The fourth-order valence-electron chi connectivity index (χ4n) is 5.18. The molecule has 1 saturated carbocycles. The van der Waals surface area contributed by atoms with Gasteiger partial charge in [0.1, 0.15) is 11.6 Å². The summed E-state index contributed by atoms with van der Waals surface area (Å²) in [7, 11) is 1.76. The van der Waals surface area contributed by atoms with E-state index < -0.39 is 0 Å². The van der Waals surface area contributed by atoms with Crippen LogP contribution in [-0.2, 0) is 9.47 Å². The smallest absolute Gasteiger partial charge is 0.126 e. The van der Waals surface area contributed by atoms with Crippen LogP contribution >= 0.6 is 0 Å². The first-order chi connectivity index (χ1) is 16.1. The maximum atomic E-state index is 6.02. The van der Waals surface area contributed by atoms with E-state index in [4.69, 9.17) is 20.2 Å². The number of nitrogens with zero attached hydrogens (tertiary/aromatic N) is 2. The lowest BCUT2D eigenvalue weighted by atomic mass is 9.80. The summed E-state index contributed by atoms with van der Waals surface area (Å²) in [5, 5.41) is 7.22. The number of pyridine rings is 2. The van der Waals surface area contributed by atoms with Gasteiger partial charge in [-0.05, 0) is 81.5 Å². The van der Waals surface area contributed by atoms with Crippen LogP contribution in [0.3, 0.4) is 0 Å². The molecule has 0 amide bonds. The van der Waals surface area contributed by atoms with Gasteiger partial charge in [0.15, 0.2) is 0 Å². The number of methoxy groups -OCH3 is 1. The highest BCUT2D eigenvalue weighted by atomic mass is 16.5. The molecular formula is C26H39N5O2. The Labute approximate surface area is 197 Å². The first-order valence-corrected chi connectivity index (χ1v) is 12.5. The van der Waals surface area contributed by atoms with E-state index in [1.807, 2.05) is 12.1 Å². The third-order valence-electron chi connectivity index (χ3n) is 6.87. The summed E-state index contributed by atoms with van der Waals surface area (Å²) in [6, 6.07) is 9.25. The lowest BCUT2D eigenvalue weighted by molar-refractivity contribution is 0.0247. The van der Waals surface area contributed by atoms with Gasteiger partial charge in [0.25, 0.3) is 0 Å². The number of nitrogens with one attached hydrogen (secondary N) is 2. The molecule has 2 atom stereocenters. The van der Waals surface area contributed by atoms with Crippen molar-refractivity contribution >= 4 is 11.6 Å². The van der Waals surface area contributed by atoms with E-state index in [1.165, 1.54) is 18.4 Å². The summed E-state index contributed by atoms with van der Waals surface area (Å²) >= 11 is 0. The largest absolute Gasteiger partial charge is 0.384 e. The van der Waals surface area contributed by atoms with Gasteiger partial charge in [-0.25, -0.2) is 9.97 Å². The van der Waals surface area contributed by atoms with Gasteiger partial charge in [-0.15, -0.1) is 0 Å². The van der Waals surface area contributed by atoms with E-state index in [0.29, 0.717) is 23.8 Å². The molecule has 0 unspecified atom stereocenters. The van der Waals surface area contributed by atoms with Crippen molar-refractivity contribution in [2.75, 3.05) is 37.9 Å². The van der Waals surface area contributed by atoms with Gasteiger partial charge in [0.2, 0.25) is 0 Å². The minimum atomic E-state index is 0.267. The molecule has 7 heteroatoms. The third kappa shape index (κ3) is 6.65. The zero-order valence-electron chi connectivity index (χ0n) is 20.1. The zero-order valence-corrected chi connectivity index (χ0v) is 20.1. The van der Waals surface area contributed by atoms with E-state index in [9.17, 15) is 0 Å². The number of hydrogen-bond acceptors (Lipinski definition) is 7. The fraction of sp³-hybridized carbons (Fsp3) is 0.615. The number of rotatable bonds is 9. The normalized spacial score (nSPS) is 24.4. The molecule has 1 saturated heterocycles. The minimum absolute atomic E-state index is 0.267. The van der Waals surface area contributed by atoms with Gasteiger partial charge in [-0.2, -0.15) is 0 Å². The number of nitrogens with two attached hydrogens (primary N) is 1. The van der Waals surface area contributed by atoms with Crippen LogP contribution in [0.4, 0.5) is 11.6 Å². The lowest BCUT2D eigenvalue weighted by Crippen LogP contribution is -2.40. The van der Waals surface area contributed by atoms with Crippen molar-refractivity contribution in [3.63, 3.8) is 0 Å². The van der Waals surface area contributed by atoms with Crippen molar-refractivity contribution in [3.8, 4) is 11.3 Å². The summed E-state index contributed by atoms with van der Waals surface area (Å²) in [5.41, 5.74) is 9.38. The highest BCUT2D eigenvalue weighted by Crippen LogP contribution is 2.38. The van der Waals surface area contributed by atoms with Crippen molar-refractivity contribution in [3.05, 3.63) is 36.0 Å². The summed E-state index contributed by atoms with van der Waals surface area (Å²) in [6.45, 7) is 4.59. The Balaban J connectivity index is 1.48. The third-order valence-corrected chi connectivity index (χ3v) is 6.87. The first-order valence-electron chi connectivity index (χ1n) is 12.5. The summed E-state index contributed by atoms with van der Waals surface area (Å²) in [6.07, 6.45) is 10.2. The molecule has 1 aliphatic heterocycles. The number of nitrogen functional groups attached to an aromatic ring is 1. The Hall–Kier alpha value is -2.22. The first kappa shape index (κ1) is 23.9. The van der Waals surface area contributed by atoms with Gasteiger partial charge in [-0.1, -0.05) is 6.07 Å². The highest BCUT2D eigenvalue weighted by molar-refractivity contribution is 5.68. The summed E-state index contributed by atoms with van der Waals surface area (Å²) in [5.74, 6) is 1.91. The second-order valence-electron chi connectivity index (χ2n) is 9.54. The van der Waals surface area contributed by atoms with Crippen molar-refractivity contribution in [1.82, 2.24) is 15.3 Å². The number of aromatic nitrogens is 2. The standard InChI is InChI=1S/C26H39N5O2/c1-18(17-32-2)30-21-8-6-19(7-9-21)23-10-11-25(29-16-22-5-3-4-14-33-22)31-26(23)20-12-13-28-24(27)15-20/h10-13,15,18-19,21-22,30H,3-9,14,16-17H2,1-2H3,(H2,27,28)(H,29,31)/t18-,19?,21?,22-/m1/s1. The molecule has 7 nitrogen and oxygen atoms in total. The summed E-state index contributed by atoms with van der Waals surface area (Å²) in [4.78, 5) is 9.23. The lowest BCUT2D eigenvalue weighted by Gasteiger charge is -2.32. The van der Waals surface area contributed by atoms with Crippen molar-refractivity contribution in [1.29, 1.82) is 0 Å². The molecule has 0 radical (unpaired) electrons. The molecule has 2 fully saturated rings. The molecule has 0 aromatic carbocycles. The van der Waals surface area contributed by atoms with Crippen LogP contribution in [0, 0.1) is 0 Å². The topological polar surface area (TPSA) is 94.3 Å². The van der Waals surface area contributed by atoms with Crippen LogP contribution in [0.5, 0.6) is 0 Å². The average molecular weight is 454 g/mol. The molecule has 33 heavy (non-hydrogen) atoms. The zero-order chi connectivity index (χ0) is 23.0. The molecule has 2 aromatic heterocycles. The number of ether oxygens (including phenoxy) is 2. The van der Waals surface area contributed by atoms with Gasteiger partial charge in [-0.3, -0.25) is 0 Å². The van der Waals surface area contributed by atoms with E-state index in [2.05, 4.69) is 34.7 Å². The van der Waals surface area contributed by atoms with Crippen LogP contribution in [-0.4, -0.2) is 55.0 Å². The van der Waals surface area contributed by atoms with Crippen LogP contribution < -0.4 is 16.4 Å². The van der Waals surface area contributed by atoms with E-state index >= 15 is 0 Å². The van der Waals surface area contributed by atoms with E-state index in [-0.39, 0.29) is 6.10 Å². The maximum Gasteiger partial charge on any atom is 0.126 e. The number of hydrogen-bond donors (Lipinski definition) is 3. The van der Waals surface area contributed by atoms with Crippen molar-refractivity contribution < 1.29 is 9.47 Å². The summed E-state index contributed by atoms with van der Waals surface area (Å²) < 4.78 is 11.2. The molecule has 2 aromatic rings. The SMILES string of the molecule is COC[C@@H](C)NC1CCC(c2ccc(NC[C@H]3CCCCO3)nc2-c2ccnc(N)c2)CC1. The number of anilines is 2. The Morgan fingerprint density at radius 1 is 1.15 bits per heavy atom. The fourth-order valence-corrected chi connectivity index (χ4v) is 5.18. The van der Waals surface area contributed by atoms with Gasteiger partial charge >= 0.3 is 0 Å². The Morgan fingerprint density at radius 2 is 2.00 bits per heavy atom. The second kappa shape index (κ2) is 11.8. The van der Waals surface area contributed by atoms with E-state index in [1.54, 1.807) is 13.3 Å².